The predicted octanol–water partition coefficient (Wildman–Crippen LogP) is 2.63. The van der Waals surface area contributed by atoms with Crippen LogP contribution in [0.3, 0.4) is 0 Å². The Morgan fingerprint density at radius 1 is 1.55 bits per heavy atom. The Labute approximate surface area is 129 Å². The number of nitrogens with one attached hydrogen (secondary N) is 1. The van der Waals surface area contributed by atoms with Gasteiger partial charge < -0.3 is 10.1 Å². The summed E-state index contributed by atoms with van der Waals surface area (Å²) >= 11 is 5.03. The van der Waals surface area contributed by atoms with Crippen molar-refractivity contribution in [2.24, 2.45) is 0 Å². The van der Waals surface area contributed by atoms with Crippen molar-refractivity contribution < 1.29 is 4.74 Å². The zero-order valence-corrected chi connectivity index (χ0v) is 13.8. The molecule has 0 aliphatic carbocycles. The van der Waals surface area contributed by atoms with E-state index < -0.39 is 0 Å². The minimum atomic E-state index is -0.157. The molecule has 108 valence electrons. The van der Waals surface area contributed by atoms with Gasteiger partial charge in [0.2, 0.25) is 0 Å². The number of methoxy groups -OCH3 is 1. The molecule has 0 radical (unpaired) electrons. The number of rotatable bonds is 6. The molecule has 0 spiro atoms. The van der Waals surface area contributed by atoms with E-state index in [1.165, 1.54) is 15.1 Å². The molecule has 0 saturated heterocycles. The Morgan fingerprint density at radius 3 is 3.00 bits per heavy atom. The first-order valence-corrected chi connectivity index (χ1v) is 7.82. The van der Waals surface area contributed by atoms with Crippen LogP contribution < -0.4 is 10.9 Å². The van der Waals surface area contributed by atoms with E-state index in [2.05, 4.69) is 44.7 Å². The fourth-order valence-electron chi connectivity index (χ4n) is 1.69. The summed E-state index contributed by atoms with van der Waals surface area (Å²) in [6.45, 7) is 3.66. The SMILES string of the molecule is COCCn1ncc(NCc2sccc2C)c(Br)c1=O. The average Bonchev–Trinajstić information content (AvgIpc) is 2.85. The third-order valence-electron chi connectivity index (χ3n) is 2.90. The monoisotopic (exact) mass is 357 g/mol. The van der Waals surface area contributed by atoms with Crippen molar-refractivity contribution in [3.8, 4) is 0 Å². The molecule has 0 saturated carbocycles. The average molecular weight is 358 g/mol. The Balaban J connectivity index is 2.11. The molecule has 0 aromatic carbocycles. The molecule has 2 aromatic heterocycles. The van der Waals surface area contributed by atoms with Crippen LogP contribution >= 0.6 is 27.3 Å². The predicted molar refractivity (Wildman–Crippen MR) is 84.5 cm³/mol. The highest BCUT2D eigenvalue weighted by Gasteiger charge is 2.09. The molecule has 2 rings (SSSR count). The lowest BCUT2D eigenvalue weighted by atomic mass is 10.3. The van der Waals surface area contributed by atoms with E-state index in [1.807, 2.05) is 0 Å². The van der Waals surface area contributed by atoms with Crippen molar-refractivity contribution in [2.75, 3.05) is 19.0 Å². The van der Waals surface area contributed by atoms with Crippen molar-refractivity contribution in [1.29, 1.82) is 0 Å². The van der Waals surface area contributed by atoms with Gasteiger partial charge in [-0.3, -0.25) is 4.79 Å². The number of halogens is 1. The number of hydrogen-bond acceptors (Lipinski definition) is 5. The zero-order chi connectivity index (χ0) is 14.5. The van der Waals surface area contributed by atoms with Crippen LogP contribution in [0.5, 0.6) is 0 Å². The Morgan fingerprint density at radius 2 is 2.35 bits per heavy atom. The largest absolute Gasteiger partial charge is 0.383 e. The summed E-state index contributed by atoms with van der Waals surface area (Å²) in [5.41, 5.74) is 1.80. The second-order valence-corrected chi connectivity index (χ2v) is 6.07. The fourth-order valence-corrected chi connectivity index (χ4v) is 2.98. The normalized spacial score (nSPS) is 10.8. The Hall–Kier alpha value is -1.18. The smallest absolute Gasteiger partial charge is 0.283 e. The molecular weight excluding hydrogens is 342 g/mol. The summed E-state index contributed by atoms with van der Waals surface area (Å²) in [6.07, 6.45) is 1.66. The lowest BCUT2D eigenvalue weighted by Gasteiger charge is -2.10. The first kappa shape index (κ1) is 15.2. The van der Waals surface area contributed by atoms with Crippen molar-refractivity contribution in [3.63, 3.8) is 0 Å². The maximum Gasteiger partial charge on any atom is 0.283 e. The van der Waals surface area contributed by atoms with E-state index in [9.17, 15) is 4.79 Å². The second-order valence-electron chi connectivity index (χ2n) is 4.27. The summed E-state index contributed by atoms with van der Waals surface area (Å²) in [4.78, 5) is 13.3. The van der Waals surface area contributed by atoms with Gasteiger partial charge >= 0.3 is 0 Å². The number of aromatic nitrogens is 2. The van der Waals surface area contributed by atoms with Gasteiger partial charge in [-0.05, 0) is 39.9 Å². The van der Waals surface area contributed by atoms with Crippen LogP contribution in [0.25, 0.3) is 0 Å². The topological polar surface area (TPSA) is 56.1 Å². The number of hydrogen-bond donors (Lipinski definition) is 1. The van der Waals surface area contributed by atoms with Crippen LogP contribution in [0.1, 0.15) is 10.4 Å². The first-order valence-electron chi connectivity index (χ1n) is 6.15. The first-order chi connectivity index (χ1) is 9.63. The molecule has 0 unspecified atom stereocenters. The van der Waals surface area contributed by atoms with E-state index in [-0.39, 0.29) is 5.56 Å². The maximum atomic E-state index is 12.1. The highest BCUT2D eigenvalue weighted by atomic mass is 79.9. The third-order valence-corrected chi connectivity index (χ3v) is 4.69. The Bertz CT molecular complexity index is 639. The van der Waals surface area contributed by atoms with Crippen LogP contribution in [0.2, 0.25) is 0 Å². The van der Waals surface area contributed by atoms with E-state index in [4.69, 9.17) is 4.74 Å². The molecule has 0 atom stereocenters. The van der Waals surface area contributed by atoms with Crippen molar-refractivity contribution in [1.82, 2.24) is 9.78 Å². The van der Waals surface area contributed by atoms with Crippen LogP contribution in [-0.2, 0) is 17.8 Å². The van der Waals surface area contributed by atoms with Crippen molar-refractivity contribution >= 4 is 33.0 Å². The molecule has 0 fully saturated rings. The minimum Gasteiger partial charge on any atom is -0.383 e. The van der Waals surface area contributed by atoms with Gasteiger partial charge in [-0.1, -0.05) is 0 Å². The highest BCUT2D eigenvalue weighted by molar-refractivity contribution is 9.10. The molecule has 0 bridgehead atoms. The van der Waals surface area contributed by atoms with Gasteiger partial charge in [0, 0.05) is 18.5 Å². The van der Waals surface area contributed by atoms with E-state index >= 15 is 0 Å². The standard InChI is InChI=1S/C13H16BrN3O2S/c1-9-3-6-20-11(9)8-15-10-7-16-17(4-5-19-2)13(18)12(10)14/h3,6-7,15H,4-5,8H2,1-2H3. The number of thiophene rings is 1. The quantitative estimate of drug-likeness (QED) is 0.863. The molecule has 2 aromatic rings. The molecule has 2 heterocycles. The van der Waals surface area contributed by atoms with Crippen molar-refractivity contribution in [3.05, 3.63) is 42.9 Å². The molecule has 0 aliphatic rings. The second kappa shape index (κ2) is 7.01. The van der Waals surface area contributed by atoms with E-state index in [0.29, 0.717) is 29.9 Å². The zero-order valence-electron chi connectivity index (χ0n) is 11.4. The van der Waals surface area contributed by atoms with Gasteiger partial charge in [0.15, 0.2) is 0 Å². The lowest BCUT2D eigenvalue weighted by molar-refractivity contribution is 0.181. The van der Waals surface area contributed by atoms with Crippen LogP contribution in [0, 0.1) is 6.92 Å². The van der Waals surface area contributed by atoms with Crippen molar-refractivity contribution in [2.45, 2.75) is 20.0 Å². The summed E-state index contributed by atoms with van der Waals surface area (Å²) in [7, 11) is 1.60. The number of nitrogens with zero attached hydrogens (tertiary/aromatic N) is 2. The summed E-state index contributed by atoms with van der Waals surface area (Å²) in [5, 5.41) is 9.43. The number of ether oxygens (including phenoxy) is 1. The van der Waals surface area contributed by atoms with Crippen LogP contribution in [-0.4, -0.2) is 23.5 Å². The van der Waals surface area contributed by atoms with Gasteiger partial charge in [-0.25, -0.2) is 4.68 Å². The van der Waals surface area contributed by atoms with Gasteiger partial charge in [-0.15, -0.1) is 11.3 Å². The summed E-state index contributed by atoms with van der Waals surface area (Å²) in [5.74, 6) is 0. The molecule has 20 heavy (non-hydrogen) atoms. The minimum absolute atomic E-state index is 0.157. The summed E-state index contributed by atoms with van der Waals surface area (Å²) < 4.78 is 6.83. The van der Waals surface area contributed by atoms with Crippen LogP contribution in [0.4, 0.5) is 5.69 Å². The highest BCUT2D eigenvalue weighted by Crippen LogP contribution is 2.20. The van der Waals surface area contributed by atoms with Crippen LogP contribution in [0.15, 0.2) is 26.9 Å². The van der Waals surface area contributed by atoms with E-state index in [1.54, 1.807) is 24.6 Å². The van der Waals surface area contributed by atoms with Gasteiger partial charge in [-0.2, -0.15) is 5.10 Å². The molecule has 7 heteroatoms. The lowest BCUT2D eigenvalue weighted by Crippen LogP contribution is -2.26. The van der Waals surface area contributed by atoms with E-state index in [0.717, 1.165) is 0 Å². The number of aryl methyl sites for hydroxylation is 1. The fraction of sp³-hybridized carbons (Fsp3) is 0.385. The van der Waals surface area contributed by atoms with Gasteiger partial charge in [0.05, 0.1) is 25.0 Å². The van der Waals surface area contributed by atoms with Gasteiger partial charge in [0.25, 0.3) is 5.56 Å². The molecule has 0 aliphatic heterocycles. The molecule has 0 amide bonds. The maximum absolute atomic E-state index is 12.1. The third kappa shape index (κ3) is 3.47. The molecule has 5 nitrogen and oxygen atoms in total. The van der Waals surface area contributed by atoms with Gasteiger partial charge in [0.1, 0.15) is 4.47 Å². The molecular formula is C13H16BrN3O2S. The summed E-state index contributed by atoms with van der Waals surface area (Å²) in [6, 6.07) is 2.08. The Kier molecular flexibility index (Phi) is 5.33. The molecule has 1 N–H and O–H groups in total. The number of anilines is 1.